The fourth-order valence-electron chi connectivity index (χ4n) is 2.37. The lowest BCUT2D eigenvalue weighted by atomic mass is 9.92. The molecule has 1 aromatic carbocycles. The number of hydrogen-bond acceptors (Lipinski definition) is 8. The number of nitrogens with zero attached hydrogens (tertiary/aromatic N) is 2. The molecule has 0 radical (unpaired) electrons. The minimum absolute atomic E-state index is 0.214. The smallest absolute Gasteiger partial charge is 0.309 e. The topological polar surface area (TPSA) is 166 Å². The Kier molecular flexibility index (Phi) is 7.11. The summed E-state index contributed by atoms with van der Waals surface area (Å²) in [5, 5.41) is 31.9. The van der Waals surface area contributed by atoms with Gasteiger partial charge in [-0.3, -0.25) is 4.79 Å². The number of nitriles is 1. The number of sulfonamides is 1. The monoisotopic (exact) mass is 408 g/mol. The van der Waals surface area contributed by atoms with Gasteiger partial charge in [0.1, 0.15) is 6.26 Å². The van der Waals surface area contributed by atoms with Crippen LogP contribution >= 0.6 is 0 Å². The predicted octanol–water partition coefficient (Wildman–Crippen LogP) is -0.120. The first kappa shape index (κ1) is 21.4. The van der Waals surface area contributed by atoms with Gasteiger partial charge in [0.2, 0.25) is 10.0 Å². The third kappa shape index (κ3) is 6.34. The largest absolute Gasteiger partial charge is 0.431 e. The van der Waals surface area contributed by atoms with Crippen molar-refractivity contribution in [1.29, 1.82) is 5.26 Å². The number of aliphatic hydroxyl groups excluding tert-OH is 2. The SMILES string of the molecule is CS(=O)(=O)Nc1nc(C(=O)NCC(O)C(O)C(C#N)Cc2ccccc2)co1. The number of hydrogen-bond donors (Lipinski definition) is 4. The molecule has 28 heavy (non-hydrogen) atoms. The first-order valence-electron chi connectivity index (χ1n) is 8.21. The molecule has 150 valence electrons. The lowest BCUT2D eigenvalue weighted by Gasteiger charge is -2.22. The average molecular weight is 408 g/mol. The van der Waals surface area contributed by atoms with E-state index in [-0.39, 0.29) is 24.7 Å². The Morgan fingerprint density at radius 2 is 2.00 bits per heavy atom. The standard InChI is InChI=1S/C17H20N4O6S/c1-28(25,26)21-17-20-13(10-27-17)16(24)19-9-14(22)15(23)12(8-18)7-11-5-3-2-4-6-11/h2-6,10,12,14-15,22-23H,7,9H2,1H3,(H,19,24)(H,20,21). The summed E-state index contributed by atoms with van der Waals surface area (Å²) in [6.07, 6.45) is -0.689. The molecule has 4 N–H and O–H groups in total. The van der Waals surface area contributed by atoms with Crippen molar-refractivity contribution in [3.63, 3.8) is 0 Å². The zero-order valence-electron chi connectivity index (χ0n) is 14.9. The predicted molar refractivity (Wildman–Crippen MR) is 98.6 cm³/mol. The van der Waals surface area contributed by atoms with Gasteiger partial charge in [0.25, 0.3) is 5.91 Å². The number of anilines is 1. The molecule has 0 spiro atoms. The Balaban J connectivity index is 1.90. The maximum atomic E-state index is 12.0. The lowest BCUT2D eigenvalue weighted by molar-refractivity contribution is -0.00203. The summed E-state index contributed by atoms with van der Waals surface area (Å²) in [6, 6.07) is 10.6. The van der Waals surface area contributed by atoms with E-state index in [1.807, 2.05) is 16.9 Å². The molecular formula is C17H20N4O6S. The average Bonchev–Trinajstić information content (AvgIpc) is 3.10. The first-order valence-corrected chi connectivity index (χ1v) is 10.1. The molecule has 10 nitrogen and oxygen atoms in total. The molecule has 1 heterocycles. The van der Waals surface area contributed by atoms with Crippen LogP contribution in [0.3, 0.4) is 0 Å². The molecule has 2 rings (SSSR count). The zero-order chi connectivity index (χ0) is 20.7. The number of aliphatic hydroxyl groups is 2. The van der Waals surface area contributed by atoms with E-state index in [1.54, 1.807) is 24.3 Å². The van der Waals surface area contributed by atoms with Crippen molar-refractivity contribution in [3.8, 4) is 6.07 Å². The Morgan fingerprint density at radius 1 is 1.32 bits per heavy atom. The van der Waals surface area contributed by atoms with Gasteiger partial charge in [-0.2, -0.15) is 10.2 Å². The highest BCUT2D eigenvalue weighted by Gasteiger charge is 2.27. The van der Waals surface area contributed by atoms with Crippen LogP contribution in [-0.4, -0.2) is 54.5 Å². The van der Waals surface area contributed by atoms with Gasteiger partial charge >= 0.3 is 6.01 Å². The van der Waals surface area contributed by atoms with Crippen molar-refractivity contribution in [2.45, 2.75) is 18.6 Å². The van der Waals surface area contributed by atoms with Gasteiger partial charge < -0.3 is 19.9 Å². The summed E-state index contributed by atoms with van der Waals surface area (Å²) < 4.78 is 29.0. The maximum Gasteiger partial charge on any atom is 0.309 e. The van der Waals surface area contributed by atoms with E-state index < -0.39 is 34.1 Å². The van der Waals surface area contributed by atoms with Crippen LogP contribution in [-0.2, 0) is 16.4 Å². The molecular weight excluding hydrogens is 388 g/mol. The maximum absolute atomic E-state index is 12.0. The minimum Gasteiger partial charge on any atom is -0.431 e. The van der Waals surface area contributed by atoms with Crippen LogP contribution in [0.4, 0.5) is 6.01 Å². The summed E-state index contributed by atoms with van der Waals surface area (Å²) in [7, 11) is -3.61. The molecule has 11 heteroatoms. The van der Waals surface area contributed by atoms with Crippen LogP contribution in [0, 0.1) is 17.2 Å². The number of aromatic nitrogens is 1. The summed E-state index contributed by atoms with van der Waals surface area (Å²) >= 11 is 0. The highest BCUT2D eigenvalue weighted by molar-refractivity contribution is 7.91. The molecule has 0 aliphatic rings. The molecule has 3 atom stereocenters. The van der Waals surface area contributed by atoms with Crippen molar-refractivity contribution in [1.82, 2.24) is 10.3 Å². The van der Waals surface area contributed by atoms with Crippen LogP contribution in [0.2, 0.25) is 0 Å². The van der Waals surface area contributed by atoms with Gasteiger partial charge in [0.05, 0.1) is 30.5 Å². The number of amides is 1. The van der Waals surface area contributed by atoms with Gasteiger partial charge in [-0.25, -0.2) is 13.1 Å². The molecule has 0 fully saturated rings. The highest BCUT2D eigenvalue weighted by Crippen LogP contribution is 2.15. The summed E-state index contributed by atoms with van der Waals surface area (Å²) in [5.41, 5.74) is 0.617. The van der Waals surface area contributed by atoms with Crippen molar-refractivity contribution in [2.75, 3.05) is 17.5 Å². The van der Waals surface area contributed by atoms with E-state index in [0.29, 0.717) is 0 Å². The van der Waals surface area contributed by atoms with E-state index in [4.69, 9.17) is 4.42 Å². The number of rotatable bonds is 9. The molecule has 0 aliphatic heterocycles. The van der Waals surface area contributed by atoms with Crippen molar-refractivity contribution >= 4 is 21.9 Å². The van der Waals surface area contributed by atoms with Gasteiger partial charge in [-0.05, 0) is 12.0 Å². The Labute approximate surface area is 161 Å². The van der Waals surface area contributed by atoms with E-state index in [1.165, 1.54) is 0 Å². The van der Waals surface area contributed by atoms with Gasteiger partial charge in [-0.1, -0.05) is 30.3 Å². The highest BCUT2D eigenvalue weighted by atomic mass is 32.2. The Hall–Kier alpha value is -2.94. The second kappa shape index (κ2) is 9.32. The first-order chi connectivity index (χ1) is 13.2. The summed E-state index contributed by atoms with van der Waals surface area (Å²) in [6.45, 7) is -0.339. The van der Waals surface area contributed by atoms with Crippen LogP contribution in [0.15, 0.2) is 41.0 Å². The van der Waals surface area contributed by atoms with Crippen LogP contribution in [0.5, 0.6) is 0 Å². The second-order valence-corrected chi connectivity index (χ2v) is 7.85. The number of nitrogens with one attached hydrogen (secondary N) is 2. The second-order valence-electron chi connectivity index (χ2n) is 6.11. The number of oxazole rings is 1. The number of carbonyl (C=O) groups excluding carboxylic acids is 1. The van der Waals surface area contributed by atoms with Crippen LogP contribution in [0.1, 0.15) is 16.1 Å². The van der Waals surface area contributed by atoms with Crippen molar-refractivity contribution in [3.05, 3.63) is 47.9 Å². The Bertz CT molecular complexity index is 938. The lowest BCUT2D eigenvalue weighted by Crippen LogP contribution is -2.42. The third-order valence-corrected chi connectivity index (χ3v) is 4.30. The minimum atomic E-state index is -3.61. The van der Waals surface area contributed by atoms with Crippen molar-refractivity contribution in [2.24, 2.45) is 5.92 Å². The quantitative estimate of drug-likeness (QED) is 0.446. The van der Waals surface area contributed by atoms with E-state index >= 15 is 0 Å². The third-order valence-electron chi connectivity index (χ3n) is 3.75. The molecule has 2 aromatic rings. The summed E-state index contributed by atoms with van der Waals surface area (Å²) in [5.74, 6) is -1.61. The molecule has 1 aromatic heterocycles. The fourth-order valence-corrected chi connectivity index (χ4v) is 2.78. The van der Waals surface area contributed by atoms with Gasteiger partial charge in [0.15, 0.2) is 5.69 Å². The van der Waals surface area contributed by atoms with E-state index in [2.05, 4.69) is 10.3 Å². The van der Waals surface area contributed by atoms with Crippen LogP contribution in [0.25, 0.3) is 0 Å². The fraction of sp³-hybridized carbons (Fsp3) is 0.353. The van der Waals surface area contributed by atoms with E-state index in [9.17, 15) is 28.7 Å². The molecule has 1 amide bonds. The van der Waals surface area contributed by atoms with Crippen LogP contribution < -0.4 is 10.0 Å². The number of carbonyl (C=O) groups is 1. The number of benzene rings is 1. The van der Waals surface area contributed by atoms with Gasteiger partial charge in [-0.15, -0.1) is 0 Å². The molecule has 0 saturated carbocycles. The van der Waals surface area contributed by atoms with E-state index in [0.717, 1.165) is 18.1 Å². The summed E-state index contributed by atoms with van der Waals surface area (Å²) in [4.78, 5) is 15.7. The molecule has 3 unspecified atom stereocenters. The molecule has 0 saturated heterocycles. The van der Waals surface area contributed by atoms with Gasteiger partial charge in [0, 0.05) is 6.54 Å². The molecule has 0 aliphatic carbocycles. The normalized spacial score (nSPS) is 14.5. The van der Waals surface area contributed by atoms with Crippen molar-refractivity contribution < 1.29 is 27.8 Å². The zero-order valence-corrected chi connectivity index (χ0v) is 15.8. The Morgan fingerprint density at radius 3 is 2.61 bits per heavy atom. The molecule has 0 bridgehead atoms.